The number of nitrogens with zero attached hydrogens (tertiary/aromatic N) is 2. The molecule has 0 aliphatic carbocycles. The van der Waals surface area contributed by atoms with Gasteiger partial charge in [0, 0.05) is 54.8 Å². The third kappa shape index (κ3) is 5.30. The van der Waals surface area contributed by atoms with E-state index in [-0.39, 0.29) is 11.3 Å². The Morgan fingerprint density at radius 1 is 1.19 bits per heavy atom. The van der Waals surface area contributed by atoms with Gasteiger partial charge in [-0.25, -0.2) is 0 Å². The standard InChI is InChI=1S/C28H37N3O2S.C2H6/c1-5-6-16-30(4)23-10-7-21(8-11-23)13-14-28-27(2,3)24-20-22(26(32)29-15-19-34)9-12-25(24)31(28)17-18-33-28;1-2/h7-14,20,34H,5-6,15-19H2,1-4H3,(H,29,32);1-2H3/b14-13+;. The highest BCUT2D eigenvalue weighted by atomic mass is 32.1. The van der Waals surface area contributed by atoms with Crippen LogP contribution < -0.4 is 15.1 Å². The molecule has 1 atom stereocenters. The van der Waals surface area contributed by atoms with Crippen LogP contribution in [0.15, 0.2) is 48.5 Å². The first-order chi connectivity index (χ1) is 17.3. The Labute approximate surface area is 223 Å². The third-order valence-corrected chi connectivity index (χ3v) is 7.46. The molecule has 1 fully saturated rings. The fraction of sp³-hybridized carbons (Fsp3) is 0.500. The second kappa shape index (κ2) is 12.2. The molecule has 1 unspecified atom stereocenters. The van der Waals surface area contributed by atoms with Crippen LogP contribution in [0.25, 0.3) is 6.08 Å². The molecule has 2 heterocycles. The quantitative estimate of drug-likeness (QED) is 0.398. The SMILES string of the molecule is CC.CCCCN(C)c1ccc(/C=C/C23OCCN2c2ccc(C(=O)NCCS)cc2C3(C)C)cc1. The number of benzene rings is 2. The van der Waals surface area contributed by atoms with E-state index in [2.05, 4.69) is 98.0 Å². The number of hydrogen-bond acceptors (Lipinski definition) is 5. The van der Waals surface area contributed by atoms with Crippen LogP contribution in [0, 0.1) is 0 Å². The molecule has 36 heavy (non-hydrogen) atoms. The Balaban J connectivity index is 0.00000176. The van der Waals surface area contributed by atoms with Crippen LogP contribution >= 0.6 is 12.6 Å². The predicted molar refractivity (Wildman–Crippen MR) is 157 cm³/mol. The number of fused-ring (bicyclic) bond motifs is 3. The summed E-state index contributed by atoms with van der Waals surface area (Å²) in [5.41, 5.74) is 4.45. The maximum absolute atomic E-state index is 12.6. The molecule has 0 radical (unpaired) electrons. The zero-order chi connectivity index (χ0) is 26.3. The number of carbonyl (C=O) groups is 1. The summed E-state index contributed by atoms with van der Waals surface area (Å²) >= 11 is 4.19. The number of unbranched alkanes of at least 4 members (excludes halogenated alkanes) is 1. The number of ether oxygens (including phenoxy) is 1. The van der Waals surface area contributed by atoms with Gasteiger partial charge in [0.2, 0.25) is 0 Å². The summed E-state index contributed by atoms with van der Waals surface area (Å²) in [5.74, 6) is 0.558. The van der Waals surface area contributed by atoms with Gasteiger partial charge in [-0.2, -0.15) is 12.6 Å². The van der Waals surface area contributed by atoms with Crippen molar-refractivity contribution in [3.05, 3.63) is 65.2 Å². The Morgan fingerprint density at radius 3 is 2.58 bits per heavy atom. The molecule has 2 aromatic carbocycles. The van der Waals surface area contributed by atoms with Gasteiger partial charge in [0.05, 0.1) is 6.61 Å². The Morgan fingerprint density at radius 2 is 1.92 bits per heavy atom. The first kappa shape index (κ1) is 28.1. The smallest absolute Gasteiger partial charge is 0.251 e. The van der Waals surface area contributed by atoms with Crippen LogP contribution in [0.5, 0.6) is 0 Å². The van der Waals surface area contributed by atoms with E-state index in [9.17, 15) is 4.79 Å². The molecule has 1 amide bonds. The average molecular weight is 510 g/mol. The Hall–Kier alpha value is -2.44. The van der Waals surface area contributed by atoms with Crippen molar-refractivity contribution in [3.63, 3.8) is 0 Å². The molecule has 2 aromatic rings. The van der Waals surface area contributed by atoms with Gasteiger partial charge in [0.25, 0.3) is 5.91 Å². The lowest BCUT2D eigenvalue weighted by molar-refractivity contribution is 0.000321. The van der Waals surface area contributed by atoms with E-state index < -0.39 is 5.72 Å². The lowest BCUT2D eigenvalue weighted by Gasteiger charge is -2.39. The lowest BCUT2D eigenvalue weighted by atomic mass is 9.77. The van der Waals surface area contributed by atoms with Gasteiger partial charge in [-0.05, 0) is 54.0 Å². The van der Waals surface area contributed by atoms with Crippen LogP contribution in [0.4, 0.5) is 11.4 Å². The minimum atomic E-state index is -0.577. The molecule has 5 nitrogen and oxygen atoms in total. The monoisotopic (exact) mass is 509 g/mol. The van der Waals surface area contributed by atoms with E-state index in [1.54, 1.807) is 0 Å². The van der Waals surface area contributed by atoms with E-state index in [1.165, 1.54) is 18.5 Å². The number of amides is 1. The predicted octanol–water partition coefficient (Wildman–Crippen LogP) is 6.15. The van der Waals surface area contributed by atoms with Gasteiger partial charge < -0.3 is 19.9 Å². The summed E-state index contributed by atoms with van der Waals surface area (Å²) in [5, 5.41) is 2.92. The highest BCUT2D eigenvalue weighted by molar-refractivity contribution is 7.80. The molecule has 0 saturated carbocycles. The number of nitrogens with one attached hydrogen (secondary N) is 1. The minimum Gasteiger partial charge on any atom is -0.375 e. The molecule has 1 N–H and O–H groups in total. The Kier molecular flexibility index (Phi) is 9.53. The number of hydrogen-bond donors (Lipinski definition) is 2. The maximum atomic E-state index is 12.6. The van der Waals surface area contributed by atoms with E-state index in [0.717, 1.165) is 29.9 Å². The molecule has 0 aromatic heterocycles. The molecule has 1 saturated heterocycles. The lowest BCUT2D eigenvalue weighted by Crippen LogP contribution is -2.51. The number of anilines is 2. The first-order valence-electron chi connectivity index (χ1n) is 13.3. The van der Waals surface area contributed by atoms with E-state index >= 15 is 0 Å². The van der Waals surface area contributed by atoms with Crippen LogP contribution in [0.3, 0.4) is 0 Å². The normalized spacial score (nSPS) is 19.5. The largest absolute Gasteiger partial charge is 0.375 e. The molecular weight excluding hydrogens is 466 g/mol. The van der Waals surface area contributed by atoms with Crippen molar-refractivity contribution in [2.24, 2.45) is 0 Å². The molecule has 0 bridgehead atoms. The van der Waals surface area contributed by atoms with Gasteiger partial charge in [-0.3, -0.25) is 4.79 Å². The molecule has 0 spiro atoms. The second-order valence-corrected chi connectivity index (χ2v) is 10.2. The summed E-state index contributed by atoms with van der Waals surface area (Å²) in [6.45, 7) is 13.8. The summed E-state index contributed by atoms with van der Waals surface area (Å²) in [6, 6.07) is 14.7. The molecule has 2 aliphatic heterocycles. The van der Waals surface area contributed by atoms with Gasteiger partial charge in [0.1, 0.15) is 0 Å². The van der Waals surface area contributed by atoms with Crippen molar-refractivity contribution in [1.29, 1.82) is 0 Å². The zero-order valence-corrected chi connectivity index (χ0v) is 23.7. The van der Waals surface area contributed by atoms with Crippen LogP contribution in [0.2, 0.25) is 0 Å². The summed E-state index contributed by atoms with van der Waals surface area (Å²) in [7, 11) is 2.15. The molecule has 2 aliphatic rings. The van der Waals surface area contributed by atoms with Crippen LogP contribution in [-0.4, -0.2) is 50.7 Å². The van der Waals surface area contributed by atoms with Crippen molar-refractivity contribution in [1.82, 2.24) is 5.32 Å². The molecule has 6 heteroatoms. The van der Waals surface area contributed by atoms with Crippen molar-refractivity contribution >= 4 is 36.0 Å². The molecular formula is C30H43N3O2S. The van der Waals surface area contributed by atoms with Gasteiger partial charge >= 0.3 is 0 Å². The minimum absolute atomic E-state index is 0.0609. The highest BCUT2D eigenvalue weighted by Crippen LogP contribution is 2.55. The Bertz CT molecular complexity index is 1050. The van der Waals surface area contributed by atoms with Crippen molar-refractivity contribution in [2.75, 3.05) is 48.8 Å². The van der Waals surface area contributed by atoms with E-state index in [0.29, 0.717) is 24.5 Å². The van der Waals surface area contributed by atoms with E-state index in [1.807, 2.05) is 26.0 Å². The number of carbonyl (C=O) groups excluding carboxylic acids is 1. The summed E-state index contributed by atoms with van der Waals surface area (Å²) in [6.07, 6.45) is 6.77. The van der Waals surface area contributed by atoms with Crippen LogP contribution in [-0.2, 0) is 10.2 Å². The zero-order valence-electron chi connectivity index (χ0n) is 22.8. The topological polar surface area (TPSA) is 44.8 Å². The average Bonchev–Trinajstić information content (AvgIpc) is 3.42. The number of thiol groups is 1. The van der Waals surface area contributed by atoms with E-state index in [4.69, 9.17) is 4.74 Å². The van der Waals surface area contributed by atoms with Crippen LogP contribution in [0.1, 0.15) is 68.9 Å². The summed E-state index contributed by atoms with van der Waals surface area (Å²) in [4.78, 5) is 17.2. The van der Waals surface area contributed by atoms with Gasteiger partial charge in [0.15, 0.2) is 5.72 Å². The highest BCUT2D eigenvalue weighted by Gasteiger charge is 2.59. The maximum Gasteiger partial charge on any atom is 0.251 e. The summed E-state index contributed by atoms with van der Waals surface area (Å²) < 4.78 is 6.48. The fourth-order valence-corrected chi connectivity index (χ4v) is 5.26. The molecule has 196 valence electrons. The van der Waals surface area contributed by atoms with Crippen molar-refractivity contribution < 1.29 is 9.53 Å². The van der Waals surface area contributed by atoms with Gasteiger partial charge in [-0.1, -0.05) is 59.2 Å². The van der Waals surface area contributed by atoms with Crippen molar-refractivity contribution in [3.8, 4) is 0 Å². The van der Waals surface area contributed by atoms with Crippen molar-refractivity contribution in [2.45, 2.75) is 58.6 Å². The fourth-order valence-electron chi connectivity index (χ4n) is 5.15. The third-order valence-electron chi connectivity index (χ3n) is 7.24. The number of rotatable bonds is 9. The van der Waals surface area contributed by atoms with Gasteiger partial charge in [-0.15, -0.1) is 0 Å². The molecule has 4 rings (SSSR count). The second-order valence-electron chi connectivity index (χ2n) is 9.73. The first-order valence-corrected chi connectivity index (χ1v) is 13.9.